The maximum atomic E-state index is 13.4. The smallest absolute Gasteiger partial charge is 0.256 e. The van der Waals surface area contributed by atoms with Gasteiger partial charge < -0.3 is 5.32 Å². The molecule has 0 heterocycles. The molecule has 0 atom stereocenters. The molecule has 0 aromatic heterocycles. The average molecular weight is 452 g/mol. The van der Waals surface area contributed by atoms with E-state index in [2.05, 4.69) is 53.1 Å². The zero-order valence-corrected chi connectivity index (χ0v) is 14.1. The number of rotatable bonds is 2. The van der Waals surface area contributed by atoms with Crippen molar-refractivity contribution in [2.75, 3.05) is 5.32 Å². The van der Waals surface area contributed by atoms with Gasteiger partial charge in [-0.3, -0.25) is 4.79 Å². The predicted molar refractivity (Wildman–Crippen MR) is 83.9 cm³/mol. The molecule has 1 amide bonds. The Bertz CT molecular complexity index is 646. The molecular formula is C13H7Br3FNO. The second kappa shape index (κ2) is 6.15. The van der Waals surface area contributed by atoms with Gasteiger partial charge in [0.15, 0.2) is 0 Å². The van der Waals surface area contributed by atoms with Gasteiger partial charge >= 0.3 is 0 Å². The van der Waals surface area contributed by atoms with Crippen LogP contribution in [0.5, 0.6) is 0 Å². The first kappa shape index (κ1) is 14.7. The average Bonchev–Trinajstić information content (AvgIpc) is 2.36. The summed E-state index contributed by atoms with van der Waals surface area (Å²) in [5.41, 5.74) is 0.860. The molecule has 1 N–H and O–H groups in total. The zero-order valence-electron chi connectivity index (χ0n) is 9.38. The summed E-state index contributed by atoms with van der Waals surface area (Å²) >= 11 is 9.75. The number of carbonyl (C=O) groups is 1. The Morgan fingerprint density at radius 1 is 1.11 bits per heavy atom. The SMILES string of the molecule is O=C(Nc1ccc(Br)cc1Br)c1cccc(F)c1Br. The van der Waals surface area contributed by atoms with Crippen LogP contribution in [-0.4, -0.2) is 5.91 Å². The van der Waals surface area contributed by atoms with Crippen LogP contribution in [0.1, 0.15) is 10.4 Å². The molecule has 0 unspecified atom stereocenters. The molecule has 0 aliphatic heterocycles. The Morgan fingerprint density at radius 3 is 2.53 bits per heavy atom. The number of carbonyl (C=O) groups excluding carboxylic acids is 1. The normalized spacial score (nSPS) is 10.3. The molecule has 0 saturated heterocycles. The molecular weight excluding hydrogens is 445 g/mol. The summed E-state index contributed by atoms with van der Waals surface area (Å²) < 4.78 is 15.2. The molecule has 0 bridgehead atoms. The molecule has 0 fully saturated rings. The lowest BCUT2D eigenvalue weighted by Crippen LogP contribution is -2.13. The highest BCUT2D eigenvalue weighted by Gasteiger charge is 2.14. The molecule has 98 valence electrons. The Morgan fingerprint density at radius 2 is 1.84 bits per heavy atom. The third-order valence-corrected chi connectivity index (χ3v) is 4.33. The molecule has 2 aromatic carbocycles. The van der Waals surface area contributed by atoms with Crippen LogP contribution in [0.2, 0.25) is 0 Å². The maximum Gasteiger partial charge on any atom is 0.256 e. The largest absolute Gasteiger partial charge is 0.321 e. The molecule has 6 heteroatoms. The van der Waals surface area contributed by atoms with Crippen LogP contribution in [0.25, 0.3) is 0 Å². The van der Waals surface area contributed by atoms with Crippen LogP contribution in [-0.2, 0) is 0 Å². The molecule has 0 saturated carbocycles. The lowest BCUT2D eigenvalue weighted by Gasteiger charge is -2.09. The second-order valence-electron chi connectivity index (χ2n) is 3.68. The summed E-state index contributed by atoms with van der Waals surface area (Å²) in [5, 5.41) is 2.72. The Kier molecular flexibility index (Phi) is 4.76. The Labute approximate surface area is 134 Å². The lowest BCUT2D eigenvalue weighted by molar-refractivity contribution is 0.102. The standard InChI is InChI=1S/C13H7Br3FNO/c14-7-4-5-11(9(15)6-7)18-13(19)8-2-1-3-10(17)12(8)16/h1-6H,(H,18,19). The minimum Gasteiger partial charge on any atom is -0.321 e. The lowest BCUT2D eigenvalue weighted by atomic mass is 10.2. The fourth-order valence-corrected chi connectivity index (χ4v) is 3.05. The van der Waals surface area contributed by atoms with Crippen LogP contribution in [0.4, 0.5) is 10.1 Å². The first-order valence-electron chi connectivity index (χ1n) is 5.19. The number of nitrogens with one attached hydrogen (secondary N) is 1. The molecule has 19 heavy (non-hydrogen) atoms. The van der Waals surface area contributed by atoms with Gasteiger partial charge in [0, 0.05) is 8.95 Å². The van der Waals surface area contributed by atoms with E-state index in [0.29, 0.717) is 5.69 Å². The van der Waals surface area contributed by atoms with Gasteiger partial charge in [-0.1, -0.05) is 22.0 Å². The number of hydrogen-bond acceptors (Lipinski definition) is 1. The first-order chi connectivity index (χ1) is 8.99. The van der Waals surface area contributed by atoms with Gasteiger partial charge in [-0.2, -0.15) is 0 Å². The van der Waals surface area contributed by atoms with Gasteiger partial charge in [-0.15, -0.1) is 0 Å². The van der Waals surface area contributed by atoms with E-state index in [1.54, 1.807) is 18.2 Å². The summed E-state index contributed by atoms with van der Waals surface area (Å²) in [6.45, 7) is 0. The summed E-state index contributed by atoms with van der Waals surface area (Å²) in [6.07, 6.45) is 0. The van der Waals surface area contributed by atoms with Crippen LogP contribution < -0.4 is 5.32 Å². The van der Waals surface area contributed by atoms with Crippen LogP contribution >= 0.6 is 47.8 Å². The molecule has 2 rings (SSSR count). The summed E-state index contributed by atoms with van der Waals surface area (Å²) in [7, 11) is 0. The van der Waals surface area contributed by atoms with Gasteiger partial charge in [0.25, 0.3) is 5.91 Å². The van der Waals surface area contributed by atoms with Crippen molar-refractivity contribution in [2.45, 2.75) is 0 Å². The van der Waals surface area contributed by atoms with Crippen molar-refractivity contribution < 1.29 is 9.18 Å². The van der Waals surface area contributed by atoms with E-state index in [1.807, 2.05) is 6.07 Å². The van der Waals surface area contributed by atoms with Gasteiger partial charge in [0.2, 0.25) is 0 Å². The van der Waals surface area contributed by atoms with E-state index in [0.717, 1.165) is 8.95 Å². The van der Waals surface area contributed by atoms with Crippen LogP contribution in [0.3, 0.4) is 0 Å². The minimum absolute atomic E-state index is 0.153. The predicted octanol–water partition coefficient (Wildman–Crippen LogP) is 5.37. The topological polar surface area (TPSA) is 29.1 Å². The fourth-order valence-electron chi connectivity index (χ4n) is 1.46. The van der Waals surface area contributed by atoms with Crippen LogP contribution in [0, 0.1) is 5.82 Å². The van der Waals surface area contributed by atoms with Gasteiger partial charge in [-0.25, -0.2) is 4.39 Å². The van der Waals surface area contributed by atoms with E-state index in [9.17, 15) is 9.18 Å². The van der Waals surface area contributed by atoms with Gasteiger partial charge in [0.05, 0.1) is 15.7 Å². The molecule has 2 aromatic rings. The number of halogens is 4. The van der Waals surface area contributed by atoms with Gasteiger partial charge in [0.1, 0.15) is 5.82 Å². The highest BCUT2D eigenvalue weighted by atomic mass is 79.9. The maximum absolute atomic E-state index is 13.4. The monoisotopic (exact) mass is 449 g/mol. The summed E-state index contributed by atoms with van der Waals surface area (Å²) in [4.78, 5) is 12.1. The zero-order chi connectivity index (χ0) is 14.0. The highest BCUT2D eigenvalue weighted by Crippen LogP contribution is 2.27. The van der Waals surface area contributed by atoms with E-state index < -0.39 is 5.82 Å². The van der Waals surface area contributed by atoms with E-state index >= 15 is 0 Å². The molecule has 0 spiro atoms. The Hall–Kier alpha value is -0.720. The quantitative estimate of drug-likeness (QED) is 0.653. The van der Waals surface area contributed by atoms with Crippen molar-refractivity contribution in [3.63, 3.8) is 0 Å². The molecule has 0 radical (unpaired) electrons. The number of hydrogen-bond donors (Lipinski definition) is 1. The van der Waals surface area contributed by atoms with E-state index in [-0.39, 0.29) is 15.9 Å². The fraction of sp³-hybridized carbons (Fsp3) is 0. The van der Waals surface area contributed by atoms with E-state index in [4.69, 9.17) is 0 Å². The van der Waals surface area contributed by atoms with Crippen molar-refractivity contribution in [1.29, 1.82) is 0 Å². The van der Waals surface area contributed by atoms with Crippen molar-refractivity contribution in [3.05, 3.63) is 61.2 Å². The third-order valence-electron chi connectivity index (χ3n) is 2.38. The first-order valence-corrected chi connectivity index (χ1v) is 7.57. The number of benzene rings is 2. The molecule has 2 nitrogen and oxygen atoms in total. The van der Waals surface area contributed by atoms with Crippen molar-refractivity contribution in [1.82, 2.24) is 0 Å². The summed E-state index contributed by atoms with van der Waals surface area (Å²) in [6, 6.07) is 9.70. The molecule has 0 aliphatic rings. The second-order valence-corrected chi connectivity index (χ2v) is 6.24. The van der Waals surface area contributed by atoms with Gasteiger partial charge in [-0.05, 0) is 62.2 Å². The Balaban J connectivity index is 2.28. The highest BCUT2D eigenvalue weighted by molar-refractivity contribution is 9.11. The number of amides is 1. The van der Waals surface area contributed by atoms with Crippen molar-refractivity contribution in [3.8, 4) is 0 Å². The molecule has 0 aliphatic carbocycles. The van der Waals surface area contributed by atoms with Crippen molar-refractivity contribution in [2.24, 2.45) is 0 Å². The van der Waals surface area contributed by atoms with E-state index in [1.165, 1.54) is 12.1 Å². The van der Waals surface area contributed by atoms with Crippen LogP contribution in [0.15, 0.2) is 49.8 Å². The van der Waals surface area contributed by atoms with Crippen molar-refractivity contribution >= 4 is 59.4 Å². The third kappa shape index (κ3) is 3.43. The summed E-state index contributed by atoms with van der Waals surface area (Å²) in [5.74, 6) is -0.850. The minimum atomic E-state index is -0.470. The number of anilines is 1.